The maximum absolute atomic E-state index is 11.3. The average molecular weight is 292 g/mol. The number of esters is 1. The lowest BCUT2D eigenvalue weighted by molar-refractivity contribution is -0.147. The molecule has 0 unspecified atom stereocenters. The highest BCUT2D eigenvalue weighted by Crippen LogP contribution is 2.53. The van der Waals surface area contributed by atoms with Crippen LogP contribution >= 0.6 is 0 Å². The number of ether oxygens (including phenoxy) is 1. The second-order valence-electron chi connectivity index (χ2n) is 6.62. The van der Waals surface area contributed by atoms with Crippen LogP contribution in [-0.2, 0) is 14.3 Å². The molecule has 0 heterocycles. The van der Waals surface area contributed by atoms with Crippen molar-refractivity contribution < 1.29 is 19.4 Å². The van der Waals surface area contributed by atoms with E-state index in [4.69, 9.17) is 9.84 Å². The van der Waals surface area contributed by atoms with Crippen molar-refractivity contribution in [3.05, 3.63) is 23.8 Å². The van der Waals surface area contributed by atoms with Gasteiger partial charge in [0.05, 0.1) is 0 Å². The second kappa shape index (κ2) is 5.66. The van der Waals surface area contributed by atoms with Gasteiger partial charge >= 0.3 is 11.9 Å². The lowest BCUT2D eigenvalue weighted by atomic mass is 9.57. The molecule has 0 bridgehead atoms. The van der Waals surface area contributed by atoms with Gasteiger partial charge in [-0.1, -0.05) is 26.5 Å². The summed E-state index contributed by atoms with van der Waals surface area (Å²) in [7, 11) is 0. The molecule has 2 aliphatic rings. The van der Waals surface area contributed by atoms with Gasteiger partial charge in [0.15, 0.2) is 0 Å². The summed E-state index contributed by atoms with van der Waals surface area (Å²) in [6.07, 6.45) is 5.21. The predicted molar refractivity (Wildman–Crippen MR) is 79.6 cm³/mol. The van der Waals surface area contributed by atoms with E-state index in [9.17, 15) is 9.59 Å². The Balaban J connectivity index is 2.29. The van der Waals surface area contributed by atoms with Crippen LogP contribution in [-0.4, -0.2) is 23.1 Å². The van der Waals surface area contributed by atoms with Crippen molar-refractivity contribution in [2.75, 3.05) is 0 Å². The molecule has 0 radical (unpaired) electrons. The van der Waals surface area contributed by atoms with E-state index in [1.807, 2.05) is 0 Å². The highest BCUT2D eigenvalue weighted by molar-refractivity contribution is 5.86. The molecule has 0 aromatic heterocycles. The third-order valence-electron chi connectivity index (χ3n) is 5.32. The van der Waals surface area contributed by atoms with Crippen molar-refractivity contribution in [2.24, 2.45) is 17.3 Å². The first-order valence-electron chi connectivity index (χ1n) is 7.55. The van der Waals surface area contributed by atoms with Crippen molar-refractivity contribution >= 4 is 11.9 Å². The minimum Gasteiger partial charge on any atom is -0.478 e. The van der Waals surface area contributed by atoms with Gasteiger partial charge in [0.25, 0.3) is 0 Å². The van der Waals surface area contributed by atoms with Gasteiger partial charge < -0.3 is 9.84 Å². The number of carbonyl (C=O) groups excluding carboxylic acids is 1. The maximum Gasteiger partial charge on any atom is 0.331 e. The summed E-state index contributed by atoms with van der Waals surface area (Å²) in [5.41, 5.74) is 1.35. The largest absolute Gasteiger partial charge is 0.478 e. The lowest BCUT2D eigenvalue weighted by Gasteiger charge is -2.49. The van der Waals surface area contributed by atoms with E-state index in [1.165, 1.54) is 12.5 Å². The summed E-state index contributed by atoms with van der Waals surface area (Å²) in [6.45, 7) is 9.53. The first-order valence-corrected chi connectivity index (χ1v) is 7.55. The molecular formula is C17H24O4. The van der Waals surface area contributed by atoms with Crippen LogP contribution < -0.4 is 0 Å². The fourth-order valence-electron chi connectivity index (χ4n) is 3.84. The first kappa shape index (κ1) is 15.8. The van der Waals surface area contributed by atoms with Gasteiger partial charge in [0.2, 0.25) is 0 Å². The van der Waals surface area contributed by atoms with Gasteiger partial charge in [-0.25, -0.2) is 4.79 Å². The van der Waals surface area contributed by atoms with Crippen LogP contribution in [0.4, 0.5) is 0 Å². The van der Waals surface area contributed by atoms with Crippen molar-refractivity contribution in [3.63, 3.8) is 0 Å². The normalized spacial score (nSPS) is 35.4. The minimum atomic E-state index is -0.916. The number of carboxylic acid groups (broad SMARTS) is 1. The van der Waals surface area contributed by atoms with Gasteiger partial charge in [0.1, 0.15) is 6.10 Å². The lowest BCUT2D eigenvalue weighted by Crippen LogP contribution is -2.43. The highest BCUT2D eigenvalue weighted by Gasteiger charge is 2.47. The zero-order valence-electron chi connectivity index (χ0n) is 13.0. The van der Waals surface area contributed by atoms with Crippen molar-refractivity contribution in [3.8, 4) is 0 Å². The molecule has 0 aromatic rings. The molecule has 0 spiro atoms. The van der Waals surface area contributed by atoms with Crippen LogP contribution in [0.1, 0.15) is 46.5 Å². The van der Waals surface area contributed by atoms with Gasteiger partial charge in [-0.15, -0.1) is 0 Å². The summed E-state index contributed by atoms with van der Waals surface area (Å²) in [4.78, 5) is 22.5. The van der Waals surface area contributed by atoms with Crippen LogP contribution in [0.15, 0.2) is 23.8 Å². The van der Waals surface area contributed by atoms with Gasteiger partial charge in [-0.05, 0) is 48.5 Å². The van der Waals surface area contributed by atoms with E-state index in [2.05, 4.69) is 26.5 Å². The summed E-state index contributed by atoms with van der Waals surface area (Å²) >= 11 is 0. The van der Waals surface area contributed by atoms with E-state index in [0.717, 1.165) is 19.3 Å². The number of allylic oxidation sites excluding steroid dienone is 1. The summed E-state index contributed by atoms with van der Waals surface area (Å²) in [5, 5.41) is 9.16. The zero-order chi connectivity index (χ0) is 15.8. The molecule has 1 N–H and O–H groups in total. The predicted octanol–water partition coefficient (Wildman–Crippen LogP) is 3.33. The third-order valence-corrected chi connectivity index (χ3v) is 5.32. The Morgan fingerprint density at radius 2 is 2.10 bits per heavy atom. The monoisotopic (exact) mass is 292 g/mol. The minimum absolute atomic E-state index is 0.0326. The average Bonchev–Trinajstić information content (AvgIpc) is 2.40. The van der Waals surface area contributed by atoms with Gasteiger partial charge in [-0.2, -0.15) is 0 Å². The Labute approximate surface area is 125 Å². The molecule has 4 nitrogen and oxygen atoms in total. The standard InChI is InChI=1S/C17H24O4/c1-10-5-8-15(21-12(3)18)14-7-6-13(9-17(10,14)4)11(2)16(19)20/h7,10,13,15H,2,5-6,8-9H2,1,3-4H3,(H,19,20)/t10-,13+,15+,17+/m0/s1. The number of carboxylic acids is 1. The molecule has 21 heavy (non-hydrogen) atoms. The fourth-order valence-corrected chi connectivity index (χ4v) is 3.84. The van der Waals surface area contributed by atoms with Crippen LogP contribution in [0.25, 0.3) is 0 Å². The topological polar surface area (TPSA) is 63.6 Å². The third kappa shape index (κ3) is 2.89. The summed E-state index contributed by atoms with van der Waals surface area (Å²) < 4.78 is 5.47. The summed E-state index contributed by atoms with van der Waals surface area (Å²) in [5.74, 6) is -0.759. The molecule has 0 aliphatic heterocycles. The van der Waals surface area contributed by atoms with Crippen molar-refractivity contribution in [1.29, 1.82) is 0 Å². The molecule has 0 aromatic carbocycles. The smallest absolute Gasteiger partial charge is 0.331 e. The van der Waals surface area contributed by atoms with Gasteiger partial charge in [-0.3, -0.25) is 4.79 Å². The second-order valence-corrected chi connectivity index (χ2v) is 6.62. The molecule has 0 amide bonds. The zero-order valence-corrected chi connectivity index (χ0v) is 13.0. The molecule has 4 heteroatoms. The maximum atomic E-state index is 11.3. The quantitative estimate of drug-likeness (QED) is 0.492. The number of hydrogen-bond acceptors (Lipinski definition) is 3. The van der Waals surface area contributed by atoms with Crippen LogP contribution in [0.2, 0.25) is 0 Å². The molecule has 116 valence electrons. The Hall–Kier alpha value is -1.58. The molecule has 2 aliphatic carbocycles. The number of aliphatic carboxylic acids is 1. The number of rotatable bonds is 3. The van der Waals surface area contributed by atoms with Crippen molar-refractivity contribution in [1.82, 2.24) is 0 Å². The number of hydrogen-bond donors (Lipinski definition) is 1. The number of fused-ring (bicyclic) bond motifs is 1. The van der Waals surface area contributed by atoms with E-state index in [-0.39, 0.29) is 29.0 Å². The number of carbonyl (C=O) groups is 2. The molecule has 1 fully saturated rings. The van der Waals surface area contributed by atoms with Crippen molar-refractivity contribution in [2.45, 2.75) is 52.6 Å². The highest BCUT2D eigenvalue weighted by atomic mass is 16.5. The molecule has 0 saturated heterocycles. The van der Waals surface area contributed by atoms with E-state index in [0.29, 0.717) is 12.3 Å². The Morgan fingerprint density at radius 1 is 1.43 bits per heavy atom. The molecule has 1 saturated carbocycles. The molecular weight excluding hydrogens is 268 g/mol. The van der Waals surface area contributed by atoms with Crippen LogP contribution in [0.5, 0.6) is 0 Å². The van der Waals surface area contributed by atoms with E-state index < -0.39 is 5.97 Å². The SMILES string of the molecule is C=C(C(=O)O)[C@@H]1CC=C2[C@H](OC(C)=O)CC[C@H](C)[C@@]2(C)C1. The Kier molecular flexibility index (Phi) is 4.26. The molecule has 4 atom stereocenters. The summed E-state index contributed by atoms with van der Waals surface area (Å²) in [6, 6.07) is 0. The fraction of sp³-hybridized carbons (Fsp3) is 0.647. The van der Waals surface area contributed by atoms with Crippen LogP contribution in [0, 0.1) is 17.3 Å². The first-order chi connectivity index (χ1) is 9.75. The van der Waals surface area contributed by atoms with E-state index >= 15 is 0 Å². The van der Waals surface area contributed by atoms with E-state index in [1.54, 1.807) is 0 Å². The van der Waals surface area contributed by atoms with Gasteiger partial charge in [0, 0.05) is 12.5 Å². The Bertz CT molecular complexity index is 505. The Morgan fingerprint density at radius 3 is 2.67 bits per heavy atom. The van der Waals surface area contributed by atoms with Crippen LogP contribution in [0.3, 0.4) is 0 Å². The molecule has 2 rings (SSSR count).